The van der Waals surface area contributed by atoms with Crippen LogP contribution in [0.3, 0.4) is 0 Å². The molecule has 0 fully saturated rings. The third-order valence-electron chi connectivity index (χ3n) is 3.53. The van der Waals surface area contributed by atoms with Crippen LogP contribution < -0.4 is 9.47 Å². The minimum absolute atomic E-state index is 0.00459. The molecule has 0 aliphatic rings. The van der Waals surface area contributed by atoms with Crippen molar-refractivity contribution in [2.24, 2.45) is 0 Å². The lowest BCUT2D eigenvalue weighted by Gasteiger charge is -2.05. The second-order valence-electron chi connectivity index (χ2n) is 4.93. The number of hydrogen-bond acceptors (Lipinski definition) is 4. The van der Waals surface area contributed by atoms with Crippen molar-refractivity contribution in [2.45, 2.75) is 0 Å². The Kier molecular flexibility index (Phi) is 4.44. The molecule has 1 heterocycles. The van der Waals surface area contributed by atoms with Crippen LogP contribution in [0.2, 0.25) is 0 Å². The van der Waals surface area contributed by atoms with Crippen molar-refractivity contribution in [1.29, 1.82) is 0 Å². The number of carbonyl (C=O) groups excluding carboxylic acids is 1. The Bertz CT molecular complexity index is 836. The normalized spacial score (nSPS) is 10.3. The Labute approximate surface area is 139 Å². The van der Waals surface area contributed by atoms with Gasteiger partial charge in [0.15, 0.2) is 0 Å². The van der Waals surface area contributed by atoms with E-state index in [1.54, 1.807) is 26.4 Å². The molecule has 23 heavy (non-hydrogen) atoms. The molecule has 0 radical (unpaired) electrons. The molecule has 3 nitrogen and oxygen atoms in total. The molecule has 0 aliphatic carbocycles. The first kappa shape index (κ1) is 15.3. The summed E-state index contributed by atoms with van der Waals surface area (Å²) < 4.78 is 10.6. The molecule has 3 aromatic rings. The molecule has 0 saturated carbocycles. The van der Waals surface area contributed by atoms with E-state index in [0.29, 0.717) is 16.2 Å². The van der Waals surface area contributed by atoms with Crippen LogP contribution in [0, 0.1) is 0 Å². The lowest BCUT2D eigenvalue weighted by Crippen LogP contribution is -1.98. The number of hydrogen-bond donors (Lipinski definition) is 0. The third kappa shape index (κ3) is 3.12. The highest BCUT2D eigenvalue weighted by molar-refractivity contribution is 7.17. The summed E-state index contributed by atoms with van der Waals surface area (Å²) in [5, 5.41) is 0. The Morgan fingerprint density at radius 2 is 1.74 bits per heavy atom. The topological polar surface area (TPSA) is 35.5 Å². The van der Waals surface area contributed by atoms with Gasteiger partial charge in [0.2, 0.25) is 5.78 Å². The Morgan fingerprint density at radius 3 is 2.52 bits per heavy atom. The van der Waals surface area contributed by atoms with Crippen LogP contribution in [0.15, 0.2) is 60.7 Å². The Hall–Kier alpha value is -2.59. The minimum atomic E-state index is -0.00459. The van der Waals surface area contributed by atoms with Gasteiger partial charge in [0.05, 0.1) is 19.1 Å². The lowest BCUT2D eigenvalue weighted by molar-refractivity contribution is 0.104. The predicted octanol–water partition coefficient (Wildman–Crippen LogP) is 4.66. The first-order chi connectivity index (χ1) is 11.2. The molecule has 2 aromatic carbocycles. The Balaban J connectivity index is 1.93. The van der Waals surface area contributed by atoms with Gasteiger partial charge in [-0.15, -0.1) is 11.3 Å². The molecule has 0 amide bonds. The highest BCUT2D eigenvalue weighted by atomic mass is 32.1. The number of ether oxygens (including phenoxy) is 2. The van der Waals surface area contributed by atoms with Crippen molar-refractivity contribution in [3.63, 3.8) is 0 Å². The summed E-state index contributed by atoms with van der Waals surface area (Å²) in [5.41, 5.74) is 1.61. The highest BCUT2D eigenvalue weighted by Gasteiger charge is 2.15. The van der Waals surface area contributed by atoms with Gasteiger partial charge in [0.25, 0.3) is 0 Å². The summed E-state index contributed by atoms with van der Waals surface area (Å²) in [6.07, 6.45) is 0. The number of rotatable bonds is 5. The zero-order chi connectivity index (χ0) is 16.2. The van der Waals surface area contributed by atoms with E-state index >= 15 is 0 Å². The smallest absolute Gasteiger partial charge is 0.203 e. The molecule has 116 valence electrons. The molecular formula is C19H16O3S. The summed E-state index contributed by atoms with van der Waals surface area (Å²) in [7, 11) is 3.24. The van der Waals surface area contributed by atoms with Gasteiger partial charge in [-0.3, -0.25) is 4.79 Å². The molecule has 0 saturated heterocycles. The van der Waals surface area contributed by atoms with Crippen LogP contribution >= 0.6 is 11.3 Å². The number of para-hydroxylation sites is 1. The molecule has 0 unspecified atom stereocenters. The standard InChI is InChI=1S/C19H16O3S/c1-21-14-7-5-6-13(12-14)19(20)18-11-10-17(23-18)15-8-3-4-9-16(15)22-2/h3-12H,1-2H3. The largest absolute Gasteiger partial charge is 0.497 e. The second-order valence-corrected chi connectivity index (χ2v) is 6.01. The SMILES string of the molecule is COc1cccc(C(=O)c2ccc(-c3ccccc3OC)s2)c1. The predicted molar refractivity (Wildman–Crippen MR) is 92.7 cm³/mol. The fourth-order valence-corrected chi connectivity index (χ4v) is 3.36. The van der Waals surface area contributed by atoms with Crippen molar-refractivity contribution in [1.82, 2.24) is 0 Å². The van der Waals surface area contributed by atoms with Crippen molar-refractivity contribution in [3.8, 4) is 21.9 Å². The van der Waals surface area contributed by atoms with Gasteiger partial charge in [0.1, 0.15) is 11.5 Å². The van der Waals surface area contributed by atoms with E-state index in [4.69, 9.17) is 9.47 Å². The van der Waals surface area contributed by atoms with Gasteiger partial charge >= 0.3 is 0 Å². The summed E-state index contributed by atoms with van der Waals surface area (Å²) in [5.74, 6) is 1.47. The summed E-state index contributed by atoms with van der Waals surface area (Å²) >= 11 is 1.46. The van der Waals surface area contributed by atoms with Gasteiger partial charge in [-0.05, 0) is 36.4 Å². The van der Waals surface area contributed by atoms with Crippen LogP contribution in [-0.4, -0.2) is 20.0 Å². The average molecular weight is 324 g/mol. The van der Waals surface area contributed by atoms with Crippen LogP contribution in [0.25, 0.3) is 10.4 Å². The van der Waals surface area contributed by atoms with Crippen molar-refractivity contribution in [3.05, 3.63) is 71.1 Å². The van der Waals surface area contributed by atoms with E-state index in [1.165, 1.54) is 11.3 Å². The number of methoxy groups -OCH3 is 2. The fourth-order valence-electron chi connectivity index (χ4n) is 2.36. The third-order valence-corrected chi connectivity index (χ3v) is 4.65. The maximum atomic E-state index is 12.6. The van der Waals surface area contributed by atoms with Crippen LogP contribution in [0.4, 0.5) is 0 Å². The van der Waals surface area contributed by atoms with Crippen LogP contribution in [0.1, 0.15) is 15.2 Å². The summed E-state index contributed by atoms with van der Waals surface area (Å²) in [6, 6.07) is 18.8. The number of thiophene rings is 1. The average Bonchev–Trinajstić information content (AvgIpc) is 3.11. The first-order valence-corrected chi connectivity index (χ1v) is 7.96. The van der Waals surface area contributed by atoms with E-state index in [2.05, 4.69) is 0 Å². The molecule has 1 aromatic heterocycles. The van der Waals surface area contributed by atoms with Gasteiger partial charge < -0.3 is 9.47 Å². The van der Waals surface area contributed by atoms with Gasteiger partial charge in [0, 0.05) is 16.0 Å². The fraction of sp³-hybridized carbons (Fsp3) is 0.105. The quantitative estimate of drug-likeness (QED) is 0.640. The Morgan fingerprint density at radius 1 is 0.913 bits per heavy atom. The number of carbonyl (C=O) groups is 1. The monoisotopic (exact) mass is 324 g/mol. The summed E-state index contributed by atoms with van der Waals surface area (Å²) in [6.45, 7) is 0. The zero-order valence-corrected chi connectivity index (χ0v) is 13.7. The van der Waals surface area contributed by atoms with Gasteiger partial charge in [-0.2, -0.15) is 0 Å². The van der Waals surface area contributed by atoms with Gasteiger partial charge in [-0.25, -0.2) is 0 Å². The molecule has 0 atom stereocenters. The number of benzene rings is 2. The van der Waals surface area contributed by atoms with Crippen LogP contribution in [0.5, 0.6) is 11.5 Å². The van der Waals surface area contributed by atoms with Gasteiger partial charge in [-0.1, -0.05) is 24.3 Å². The van der Waals surface area contributed by atoms with E-state index in [1.807, 2.05) is 48.5 Å². The molecule has 4 heteroatoms. The molecule has 0 spiro atoms. The molecule has 0 bridgehead atoms. The molecular weight excluding hydrogens is 308 g/mol. The second kappa shape index (κ2) is 6.67. The van der Waals surface area contributed by atoms with Crippen LogP contribution in [-0.2, 0) is 0 Å². The zero-order valence-electron chi connectivity index (χ0n) is 12.9. The van der Waals surface area contributed by atoms with E-state index < -0.39 is 0 Å². The number of ketones is 1. The highest BCUT2D eigenvalue weighted by Crippen LogP contribution is 2.35. The minimum Gasteiger partial charge on any atom is -0.497 e. The summed E-state index contributed by atoms with van der Waals surface area (Å²) in [4.78, 5) is 14.3. The maximum absolute atomic E-state index is 12.6. The van der Waals surface area contributed by atoms with Crippen molar-refractivity contribution < 1.29 is 14.3 Å². The van der Waals surface area contributed by atoms with Crippen molar-refractivity contribution >= 4 is 17.1 Å². The van der Waals surface area contributed by atoms with E-state index in [-0.39, 0.29) is 5.78 Å². The molecule has 3 rings (SSSR count). The van der Waals surface area contributed by atoms with E-state index in [9.17, 15) is 4.79 Å². The van der Waals surface area contributed by atoms with E-state index in [0.717, 1.165) is 16.2 Å². The maximum Gasteiger partial charge on any atom is 0.203 e. The lowest BCUT2D eigenvalue weighted by atomic mass is 10.1. The first-order valence-electron chi connectivity index (χ1n) is 7.15. The molecule has 0 N–H and O–H groups in total. The molecule has 0 aliphatic heterocycles. The van der Waals surface area contributed by atoms with Crippen molar-refractivity contribution in [2.75, 3.05) is 14.2 Å².